The van der Waals surface area contributed by atoms with Gasteiger partial charge in [-0.05, 0) is 48.4 Å². The summed E-state index contributed by atoms with van der Waals surface area (Å²) in [6.07, 6.45) is 1.39. The minimum Gasteiger partial charge on any atom is -0.463 e. The average molecular weight is 289 g/mol. The molecule has 0 aliphatic rings. The number of hydrogen-bond acceptors (Lipinski definition) is 2. The zero-order valence-electron chi connectivity index (χ0n) is 10.6. The molecule has 0 fully saturated rings. The second kappa shape index (κ2) is 4.76. The van der Waals surface area contributed by atoms with Crippen molar-refractivity contribution in [3.63, 3.8) is 0 Å². The molecule has 2 aromatic carbocycles. The third-order valence-corrected chi connectivity index (χ3v) is 3.44. The fourth-order valence-electron chi connectivity index (χ4n) is 2.11. The Hall–Kier alpha value is -2.13. The molecule has 3 aromatic rings. The van der Waals surface area contributed by atoms with E-state index in [1.54, 1.807) is 37.3 Å². The van der Waals surface area contributed by atoms with Gasteiger partial charge in [-0.25, -0.2) is 4.39 Å². The SMILES string of the molecule is Cc1cc(-c2coc3ccc(Cl)cc3c2=O)ccc1F. The van der Waals surface area contributed by atoms with Crippen molar-refractivity contribution in [1.82, 2.24) is 0 Å². The molecule has 0 atom stereocenters. The van der Waals surface area contributed by atoms with Gasteiger partial charge in [-0.2, -0.15) is 0 Å². The van der Waals surface area contributed by atoms with Crippen molar-refractivity contribution in [2.24, 2.45) is 0 Å². The second-order valence-electron chi connectivity index (χ2n) is 4.58. The summed E-state index contributed by atoms with van der Waals surface area (Å²) in [4.78, 5) is 12.5. The normalized spacial score (nSPS) is 10.9. The fraction of sp³-hybridized carbons (Fsp3) is 0.0625. The minimum absolute atomic E-state index is 0.181. The lowest BCUT2D eigenvalue weighted by Gasteiger charge is -2.04. The zero-order chi connectivity index (χ0) is 14.3. The lowest BCUT2D eigenvalue weighted by Crippen LogP contribution is -2.05. The number of benzene rings is 2. The van der Waals surface area contributed by atoms with Gasteiger partial charge in [0, 0.05) is 5.02 Å². The van der Waals surface area contributed by atoms with Crippen LogP contribution in [0.2, 0.25) is 5.02 Å². The van der Waals surface area contributed by atoms with Crippen LogP contribution in [0.5, 0.6) is 0 Å². The van der Waals surface area contributed by atoms with Gasteiger partial charge in [-0.1, -0.05) is 17.7 Å². The molecule has 100 valence electrons. The van der Waals surface area contributed by atoms with Crippen LogP contribution in [0.3, 0.4) is 0 Å². The Labute approximate surface area is 119 Å². The molecule has 0 aliphatic carbocycles. The van der Waals surface area contributed by atoms with Gasteiger partial charge in [-0.15, -0.1) is 0 Å². The van der Waals surface area contributed by atoms with Crippen LogP contribution in [0.15, 0.2) is 51.9 Å². The second-order valence-corrected chi connectivity index (χ2v) is 5.02. The van der Waals surface area contributed by atoms with Gasteiger partial charge >= 0.3 is 0 Å². The molecule has 3 rings (SSSR count). The van der Waals surface area contributed by atoms with Gasteiger partial charge in [0.15, 0.2) is 0 Å². The Kier molecular flexibility index (Phi) is 3.07. The summed E-state index contributed by atoms with van der Waals surface area (Å²) in [6, 6.07) is 9.41. The molecule has 0 N–H and O–H groups in total. The smallest absolute Gasteiger partial charge is 0.200 e. The van der Waals surface area contributed by atoms with Gasteiger partial charge in [0.25, 0.3) is 0 Å². The molecule has 1 heterocycles. The standard InChI is InChI=1S/C16H10ClFO2/c1-9-6-10(2-4-14(9)18)13-8-20-15-5-3-11(17)7-12(15)16(13)19/h2-8H,1H3. The molecule has 0 radical (unpaired) electrons. The molecular weight excluding hydrogens is 279 g/mol. The molecule has 0 bridgehead atoms. The van der Waals surface area contributed by atoms with Gasteiger partial charge in [0.1, 0.15) is 17.7 Å². The summed E-state index contributed by atoms with van der Waals surface area (Å²) < 4.78 is 18.8. The van der Waals surface area contributed by atoms with Crippen molar-refractivity contribution in [3.8, 4) is 11.1 Å². The number of hydrogen-bond donors (Lipinski definition) is 0. The van der Waals surface area contributed by atoms with Crippen LogP contribution in [0, 0.1) is 12.7 Å². The van der Waals surface area contributed by atoms with Crippen LogP contribution in [-0.4, -0.2) is 0 Å². The van der Waals surface area contributed by atoms with E-state index in [0.717, 1.165) is 0 Å². The first-order valence-corrected chi connectivity index (χ1v) is 6.41. The van der Waals surface area contributed by atoms with E-state index in [1.807, 2.05) is 0 Å². The lowest BCUT2D eigenvalue weighted by atomic mass is 10.0. The Morgan fingerprint density at radius 1 is 1.15 bits per heavy atom. The highest BCUT2D eigenvalue weighted by atomic mass is 35.5. The van der Waals surface area contributed by atoms with Crippen LogP contribution in [0.1, 0.15) is 5.56 Å². The summed E-state index contributed by atoms with van der Waals surface area (Å²) >= 11 is 5.90. The molecule has 0 aliphatic heterocycles. The minimum atomic E-state index is -0.304. The van der Waals surface area contributed by atoms with Crippen LogP contribution in [0.4, 0.5) is 4.39 Å². The van der Waals surface area contributed by atoms with Crippen molar-refractivity contribution in [3.05, 3.63) is 69.3 Å². The van der Waals surface area contributed by atoms with E-state index in [2.05, 4.69) is 0 Å². The van der Waals surface area contributed by atoms with Gasteiger partial charge < -0.3 is 4.42 Å². The molecule has 0 amide bonds. The van der Waals surface area contributed by atoms with Crippen molar-refractivity contribution in [1.29, 1.82) is 0 Å². The number of rotatable bonds is 1. The Morgan fingerprint density at radius 3 is 2.70 bits per heavy atom. The van der Waals surface area contributed by atoms with E-state index in [4.69, 9.17) is 16.0 Å². The van der Waals surface area contributed by atoms with Crippen LogP contribution in [-0.2, 0) is 0 Å². The van der Waals surface area contributed by atoms with Crippen LogP contribution in [0.25, 0.3) is 22.1 Å². The first-order chi connectivity index (χ1) is 9.56. The number of fused-ring (bicyclic) bond motifs is 1. The largest absolute Gasteiger partial charge is 0.463 e. The van der Waals surface area contributed by atoms with E-state index in [0.29, 0.717) is 32.7 Å². The molecule has 0 unspecified atom stereocenters. The Morgan fingerprint density at radius 2 is 1.95 bits per heavy atom. The molecular formula is C16H10ClFO2. The summed E-state index contributed by atoms with van der Waals surface area (Å²) in [5.41, 5.74) is 1.79. The molecule has 2 nitrogen and oxygen atoms in total. The molecule has 4 heteroatoms. The first kappa shape index (κ1) is 12.9. The first-order valence-electron chi connectivity index (χ1n) is 6.04. The predicted molar refractivity (Wildman–Crippen MR) is 77.6 cm³/mol. The highest BCUT2D eigenvalue weighted by molar-refractivity contribution is 6.31. The van der Waals surface area contributed by atoms with Crippen molar-refractivity contribution in [2.45, 2.75) is 6.92 Å². The average Bonchev–Trinajstić information content (AvgIpc) is 2.43. The van der Waals surface area contributed by atoms with E-state index >= 15 is 0 Å². The highest BCUT2D eigenvalue weighted by Crippen LogP contribution is 2.23. The van der Waals surface area contributed by atoms with E-state index < -0.39 is 0 Å². The number of halogens is 2. The maximum absolute atomic E-state index is 13.3. The molecule has 0 spiro atoms. The van der Waals surface area contributed by atoms with Crippen LogP contribution < -0.4 is 5.43 Å². The maximum Gasteiger partial charge on any atom is 0.200 e. The summed E-state index contributed by atoms with van der Waals surface area (Å²) in [7, 11) is 0. The summed E-state index contributed by atoms with van der Waals surface area (Å²) in [5.74, 6) is -0.304. The molecule has 0 saturated heterocycles. The van der Waals surface area contributed by atoms with E-state index in [-0.39, 0.29) is 11.2 Å². The molecule has 0 saturated carbocycles. The summed E-state index contributed by atoms with van der Waals surface area (Å²) in [6.45, 7) is 1.65. The highest BCUT2D eigenvalue weighted by Gasteiger charge is 2.10. The molecule has 20 heavy (non-hydrogen) atoms. The summed E-state index contributed by atoms with van der Waals surface area (Å²) in [5, 5.41) is 0.884. The monoisotopic (exact) mass is 288 g/mol. The third-order valence-electron chi connectivity index (χ3n) is 3.20. The van der Waals surface area contributed by atoms with Crippen molar-refractivity contribution in [2.75, 3.05) is 0 Å². The fourth-order valence-corrected chi connectivity index (χ4v) is 2.29. The van der Waals surface area contributed by atoms with Crippen molar-refractivity contribution >= 4 is 22.6 Å². The van der Waals surface area contributed by atoms with Crippen molar-refractivity contribution < 1.29 is 8.81 Å². The van der Waals surface area contributed by atoms with Gasteiger partial charge in [0.05, 0.1) is 10.9 Å². The van der Waals surface area contributed by atoms with Crippen LogP contribution >= 0.6 is 11.6 Å². The quantitative estimate of drug-likeness (QED) is 0.657. The third kappa shape index (κ3) is 2.10. The van der Waals surface area contributed by atoms with Gasteiger partial charge in [-0.3, -0.25) is 4.79 Å². The maximum atomic E-state index is 13.3. The van der Waals surface area contributed by atoms with E-state index in [1.165, 1.54) is 12.3 Å². The molecule has 1 aromatic heterocycles. The van der Waals surface area contributed by atoms with Gasteiger partial charge in [0.2, 0.25) is 5.43 Å². The number of aryl methyl sites for hydroxylation is 1. The predicted octanol–water partition coefficient (Wildman–Crippen LogP) is 4.56. The topological polar surface area (TPSA) is 30.2 Å². The zero-order valence-corrected chi connectivity index (χ0v) is 11.4. The van der Waals surface area contributed by atoms with E-state index in [9.17, 15) is 9.18 Å². The lowest BCUT2D eigenvalue weighted by molar-refractivity contribution is 0.604. The Balaban J connectivity index is 2.29. The Bertz CT molecular complexity index is 868.